The molecule has 4 nitrogen and oxygen atoms in total. The normalized spacial score (nSPS) is 18.1. The number of carboxylic acids is 1. The fourth-order valence-corrected chi connectivity index (χ4v) is 1.95. The smallest absolute Gasteiger partial charge is 0.330 e. The zero-order chi connectivity index (χ0) is 12.2. The van der Waals surface area contributed by atoms with Gasteiger partial charge in [0.25, 0.3) is 0 Å². The van der Waals surface area contributed by atoms with E-state index in [-0.39, 0.29) is 12.5 Å². The van der Waals surface area contributed by atoms with Crippen LogP contribution in [0.3, 0.4) is 0 Å². The van der Waals surface area contributed by atoms with Gasteiger partial charge in [0.1, 0.15) is 6.10 Å². The lowest BCUT2D eigenvalue weighted by atomic mass is 9.98. The monoisotopic (exact) mass is 264 g/mol. The Balaban J connectivity index is 2.37. The summed E-state index contributed by atoms with van der Waals surface area (Å²) in [5.41, 5.74) is 0. The topological polar surface area (TPSA) is 63.6 Å². The van der Waals surface area contributed by atoms with Gasteiger partial charge in [-0.05, 0) is 25.7 Å². The molecule has 1 saturated carbocycles. The molecule has 0 aromatic rings. The number of thiol groups is 2. The Labute approximate surface area is 106 Å². The van der Waals surface area contributed by atoms with Crippen molar-refractivity contribution in [3.05, 3.63) is 0 Å². The van der Waals surface area contributed by atoms with Gasteiger partial charge in [-0.3, -0.25) is 4.79 Å². The summed E-state index contributed by atoms with van der Waals surface area (Å²) < 4.78 is 3.53. The molecule has 0 aromatic carbocycles. The van der Waals surface area contributed by atoms with E-state index in [0.29, 0.717) is 0 Å². The van der Waals surface area contributed by atoms with Gasteiger partial charge in [-0.2, -0.15) is 0 Å². The summed E-state index contributed by atoms with van der Waals surface area (Å²) in [5.74, 6) is -1.78. The van der Waals surface area contributed by atoms with Gasteiger partial charge in [-0.15, -0.1) is 25.3 Å². The van der Waals surface area contributed by atoms with Gasteiger partial charge in [0.05, 0.1) is 6.42 Å². The molecule has 16 heavy (non-hydrogen) atoms. The van der Waals surface area contributed by atoms with Crippen molar-refractivity contribution in [1.82, 2.24) is 0 Å². The fourth-order valence-electron chi connectivity index (χ4n) is 1.69. The molecule has 0 bridgehead atoms. The van der Waals surface area contributed by atoms with Crippen LogP contribution >= 0.6 is 25.3 Å². The Morgan fingerprint density at radius 3 is 2.31 bits per heavy atom. The van der Waals surface area contributed by atoms with E-state index in [1.165, 1.54) is 6.42 Å². The molecule has 0 aliphatic heterocycles. The van der Waals surface area contributed by atoms with E-state index in [4.69, 9.17) is 9.84 Å². The highest BCUT2D eigenvalue weighted by Gasteiger charge is 2.34. The van der Waals surface area contributed by atoms with Crippen LogP contribution in [0.1, 0.15) is 38.5 Å². The Morgan fingerprint density at radius 2 is 1.81 bits per heavy atom. The summed E-state index contributed by atoms with van der Waals surface area (Å²) in [6.07, 6.45) is 4.63. The average Bonchev–Trinajstić information content (AvgIpc) is 2.17. The van der Waals surface area contributed by atoms with Gasteiger partial charge in [0, 0.05) is 0 Å². The summed E-state index contributed by atoms with van der Waals surface area (Å²) in [6, 6.07) is 0. The predicted octanol–water partition coefficient (Wildman–Crippen LogP) is 1.89. The van der Waals surface area contributed by atoms with Gasteiger partial charge in [-0.25, -0.2) is 4.79 Å². The van der Waals surface area contributed by atoms with Crippen LogP contribution in [0.5, 0.6) is 0 Å². The maximum atomic E-state index is 11.4. The Kier molecular flexibility index (Phi) is 4.98. The highest BCUT2D eigenvalue weighted by Crippen LogP contribution is 2.27. The molecule has 1 rings (SSSR count). The van der Waals surface area contributed by atoms with E-state index >= 15 is 0 Å². The predicted molar refractivity (Wildman–Crippen MR) is 65.9 cm³/mol. The van der Waals surface area contributed by atoms with Crippen LogP contribution in [0, 0.1) is 0 Å². The molecule has 0 radical (unpaired) electrons. The SMILES string of the molecule is O=C(CC(S)(S)C(=O)O)OC1CCCCC1. The lowest BCUT2D eigenvalue weighted by Gasteiger charge is -2.23. The number of carbonyl (C=O) groups is 2. The van der Waals surface area contributed by atoms with Crippen LogP contribution in [-0.4, -0.2) is 27.2 Å². The summed E-state index contributed by atoms with van der Waals surface area (Å²) in [7, 11) is 0. The molecule has 0 spiro atoms. The largest absolute Gasteiger partial charge is 0.480 e. The van der Waals surface area contributed by atoms with E-state index in [2.05, 4.69) is 25.3 Å². The van der Waals surface area contributed by atoms with E-state index in [1.54, 1.807) is 0 Å². The molecule has 1 aliphatic rings. The standard InChI is InChI=1S/C10H16O4S2/c11-8(6-10(15,16)9(12)13)14-7-4-2-1-3-5-7/h7,15-16H,1-6H2,(H,12,13). The van der Waals surface area contributed by atoms with Gasteiger partial charge >= 0.3 is 11.9 Å². The highest BCUT2D eigenvalue weighted by atomic mass is 32.2. The second kappa shape index (κ2) is 5.82. The summed E-state index contributed by atoms with van der Waals surface area (Å²) in [5, 5.41) is 8.74. The van der Waals surface area contributed by atoms with E-state index in [0.717, 1.165) is 25.7 Å². The zero-order valence-corrected chi connectivity index (χ0v) is 10.7. The first-order valence-corrected chi connectivity index (χ1v) is 6.19. The number of esters is 1. The highest BCUT2D eigenvalue weighted by molar-refractivity contribution is 8.02. The first kappa shape index (κ1) is 13.7. The Morgan fingerprint density at radius 1 is 1.25 bits per heavy atom. The lowest BCUT2D eigenvalue weighted by molar-refractivity contribution is -0.153. The third-order valence-corrected chi connectivity index (χ3v) is 3.28. The molecule has 0 atom stereocenters. The van der Waals surface area contributed by atoms with Crippen LogP contribution in [0.2, 0.25) is 0 Å². The molecule has 92 valence electrons. The van der Waals surface area contributed by atoms with Crippen molar-refractivity contribution in [2.45, 2.75) is 48.7 Å². The first-order valence-electron chi connectivity index (χ1n) is 5.29. The molecular weight excluding hydrogens is 248 g/mol. The Hall–Kier alpha value is -0.360. The molecular formula is C10H16O4S2. The third kappa shape index (κ3) is 4.25. The van der Waals surface area contributed by atoms with Crippen molar-refractivity contribution in [3.63, 3.8) is 0 Å². The van der Waals surface area contributed by atoms with Crippen LogP contribution in [0.15, 0.2) is 0 Å². The molecule has 6 heteroatoms. The maximum Gasteiger partial charge on any atom is 0.330 e. The first-order chi connectivity index (χ1) is 7.42. The molecule has 1 fully saturated rings. The van der Waals surface area contributed by atoms with Crippen molar-refractivity contribution in [2.24, 2.45) is 0 Å². The molecule has 0 saturated heterocycles. The van der Waals surface area contributed by atoms with Crippen molar-refractivity contribution >= 4 is 37.2 Å². The molecule has 0 unspecified atom stereocenters. The molecule has 0 aromatic heterocycles. The third-order valence-electron chi connectivity index (χ3n) is 2.58. The minimum atomic E-state index is -1.65. The van der Waals surface area contributed by atoms with Crippen molar-refractivity contribution in [2.75, 3.05) is 0 Å². The summed E-state index contributed by atoms with van der Waals surface area (Å²) in [6.45, 7) is 0. The zero-order valence-electron chi connectivity index (χ0n) is 8.89. The van der Waals surface area contributed by atoms with Gasteiger partial charge in [0.15, 0.2) is 4.08 Å². The van der Waals surface area contributed by atoms with E-state index < -0.39 is 16.0 Å². The number of rotatable bonds is 4. The van der Waals surface area contributed by atoms with Crippen molar-refractivity contribution < 1.29 is 19.4 Å². The molecule has 1 aliphatic carbocycles. The van der Waals surface area contributed by atoms with E-state index in [1.807, 2.05) is 0 Å². The van der Waals surface area contributed by atoms with Crippen molar-refractivity contribution in [1.29, 1.82) is 0 Å². The lowest BCUT2D eigenvalue weighted by Crippen LogP contribution is -2.31. The van der Waals surface area contributed by atoms with Crippen LogP contribution in [0.25, 0.3) is 0 Å². The van der Waals surface area contributed by atoms with Crippen LogP contribution < -0.4 is 0 Å². The second-order valence-electron chi connectivity index (χ2n) is 4.05. The molecule has 1 N–H and O–H groups in total. The number of aliphatic carboxylic acids is 1. The molecule has 0 amide bonds. The quantitative estimate of drug-likeness (QED) is 0.412. The Bertz CT molecular complexity index is 272. The van der Waals surface area contributed by atoms with Crippen LogP contribution in [-0.2, 0) is 14.3 Å². The molecule has 0 heterocycles. The van der Waals surface area contributed by atoms with Gasteiger partial charge in [0.2, 0.25) is 0 Å². The minimum Gasteiger partial charge on any atom is -0.480 e. The summed E-state index contributed by atoms with van der Waals surface area (Å²) >= 11 is 7.61. The van der Waals surface area contributed by atoms with E-state index in [9.17, 15) is 9.59 Å². The maximum absolute atomic E-state index is 11.4. The minimum absolute atomic E-state index is 0.0625. The van der Waals surface area contributed by atoms with Crippen molar-refractivity contribution in [3.8, 4) is 0 Å². The number of hydrogen-bond acceptors (Lipinski definition) is 5. The van der Waals surface area contributed by atoms with Crippen LogP contribution in [0.4, 0.5) is 0 Å². The number of ether oxygens (including phenoxy) is 1. The second-order valence-corrected chi connectivity index (χ2v) is 5.93. The average molecular weight is 264 g/mol. The number of carbonyl (C=O) groups excluding carboxylic acids is 1. The van der Waals surface area contributed by atoms with Gasteiger partial charge < -0.3 is 9.84 Å². The summed E-state index contributed by atoms with van der Waals surface area (Å²) in [4.78, 5) is 22.1. The number of hydrogen-bond donors (Lipinski definition) is 3. The fraction of sp³-hybridized carbons (Fsp3) is 0.800. The number of carboxylic acid groups (broad SMARTS) is 1. The van der Waals surface area contributed by atoms with Gasteiger partial charge in [-0.1, -0.05) is 6.42 Å².